The molecule has 0 aliphatic heterocycles. The average Bonchev–Trinajstić information content (AvgIpc) is 2.38. The minimum atomic E-state index is 0.330. The molecule has 0 spiro atoms. The van der Waals surface area contributed by atoms with Crippen LogP contribution >= 0.6 is 11.6 Å². The zero-order chi connectivity index (χ0) is 13.8. The van der Waals surface area contributed by atoms with E-state index in [1.165, 1.54) is 0 Å². The van der Waals surface area contributed by atoms with Crippen molar-refractivity contribution in [3.8, 4) is 5.75 Å². The maximum Gasteiger partial charge on any atom is 0.134 e. The number of para-hydroxylation sites is 1. The molecule has 0 aliphatic rings. The summed E-state index contributed by atoms with van der Waals surface area (Å²) in [6, 6.07) is 9.69. The van der Waals surface area contributed by atoms with Gasteiger partial charge in [0.2, 0.25) is 0 Å². The molecule has 100 valence electrons. The Morgan fingerprint density at radius 1 is 1.21 bits per heavy atom. The Hall–Kier alpha value is -1.61. The van der Waals surface area contributed by atoms with Crippen molar-refractivity contribution in [3.05, 3.63) is 52.6 Å². The number of ether oxygens (including phenoxy) is 1. The fourth-order valence-electron chi connectivity index (χ4n) is 1.88. The van der Waals surface area contributed by atoms with Gasteiger partial charge in [-0.2, -0.15) is 0 Å². The van der Waals surface area contributed by atoms with Gasteiger partial charge in [-0.05, 0) is 18.1 Å². The number of hydrogen-bond acceptors (Lipinski definition) is 3. The van der Waals surface area contributed by atoms with Crippen LogP contribution in [0.1, 0.15) is 36.8 Å². The molecule has 0 saturated heterocycles. The minimum Gasteiger partial charge on any atom is -0.496 e. The second kappa shape index (κ2) is 6.02. The fraction of sp³-hybridized carbons (Fsp3) is 0.333. The number of halogens is 1. The van der Waals surface area contributed by atoms with Crippen molar-refractivity contribution in [2.75, 3.05) is 7.11 Å². The lowest BCUT2D eigenvalue weighted by Gasteiger charge is -2.10. The maximum atomic E-state index is 6.05. The van der Waals surface area contributed by atoms with Crippen molar-refractivity contribution in [3.63, 3.8) is 0 Å². The molecule has 0 unspecified atom stereocenters. The molecule has 0 N–H and O–H groups in total. The lowest BCUT2D eigenvalue weighted by Crippen LogP contribution is -2.03. The van der Waals surface area contributed by atoms with Gasteiger partial charge in [0.25, 0.3) is 0 Å². The van der Waals surface area contributed by atoms with Crippen molar-refractivity contribution < 1.29 is 4.74 Å². The molecule has 0 saturated carbocycles. The Kier molecular flexibility index (Phi) is 4.38. The topological polar surface area (TPSA) is 35.0 Å². The van der Waals surface area contributed by atoms with Gasteiger partial charge in [0.05, 0.1) is 7.11 Å². The smallest absolute Gasteiger partial charge is 0.134 e. The molecule has 3 nitrogen and oxygen atoms in total. The summed E-state index contributed by atoms with van der Waals surface area (Å²) >= 11 is 6.05. The highest BCUT2D eigenvalue weighted by molar-refractivity contribution is 6.29. The van der Waals surface area contributed by atoms with Crippen molar-refractivity contribution in [1.82, 2.24) is 9.97 Å². The Morgan fingerprint density at radius 2 is 1.95 bits per heavy atom. The van der Waals surface area contributed by atoms with Crippen LogP contribution < -0.4 is 4.74 Å². The van der Waals surface area contributed by atoms with E-state index in [2.05, 4.69) is 23.8 Å². The van der Waals surface area contributed by atoms with Crippen LogP contribution in [0.15, 0.2) is 30.3 Å². The van der Waals surface area contributed by atoms with E-state index < -0.39 is 0 Å². The van der Waals surface area contributed by atoms with Gasteiger partial charge in [-0.25, -0.2) is 9.97 Å². The highest BCUT2D eigenvalue weighted by Crippen LogP contribution is 2.22. The molecule has 4 heteroatoms. The molecule has 1 heterocycles. The first-order chi connectivity index (χ1) is 9.10. The first kappa shape index (κ1) is 13.8. The Bertz CT molecular complexity index is 570. The van der Waals surface area contributed by atoms with Gasteiger partial charge in [0.1, 0.15) is 16.7 Å². The Morgan fingerprint density at radius 3 is 2.63 bits per heavy atom. The monoisotopic (exact) mass is 276 g/mol. The third-order valence-electron chi connectivity index (χ3n) is 2.89. The van der Waals surface area contributed by atoms with E-state index in [1.54, 1.807) is 7.11 Å². The zero-order valence-corrected chi connectivity index (χ0v) is 12.1. The van der Waals surface area contributed by atoms with Gasteiger partial charge >= 0.3 is 0 Å². The molecule has 0 atom stereocenters. The third-order valence-corrected chi connectivity index (χ3v) is 3.09. The summed E-state index contributed by atoms with van der Waals surface area (Å²) in [6.07, 6.45) is 0.615. The van der Waals surface area contributed by atoms with Gasteiger partial charge in [0, 0.05) is 17.7 Å². The predicted octanol–water partition coefficient (Wildman–Crippen LogP) is 3.85. The van der Waals surface area contributed by atoms with Crippen LogP contribution in [0.5, 0.6) is 5.75 Å². The van der Waals surface area contributed by atoms with Gasteiger partial charge in [-0.15, -0.1) is 0 Å². The number of rotatable bonds is 4. The van der Waals surface area contributed by atoms with E-state index in [0.29, 0.717) is 17.5 Å². The molecule has 0 fully saturated rings. The molecule has 0 amide bonds. The largest absolute Gasteiger partial charge is 0.496 e. The molecule has 19 heavy (non-hydrogen) atoms. The van der Waals surface area contributed by atoms with Gasteiger partial charge < -0.3 is 4.74 Å². The standard InChI is InChI=1S/C15H17ClN2O/c1-10(2)12-9-14(16)18-15(17-12)8-11-6-4-5-7-13(11)19-3/h4-7,9-10H,8H2,1-3H3. The van der Waals surface area contributed by atoms with E-state index in [9.17, 15) is 0 Å². The first-order valence-corrected chi connectivity index (χ1v) is 6.63. The molecule has 1 aromatic carbocycles. The Labute approximate surface area is 118 Å². The van der Waals surface area contributed by atoms with Crippen LogP contribution in [0.25, 0.3) is 0 Å². The van der Waals surface area contributed by atoms with Crippen LogP contribution in [-0.2, 0) is 6.42 Å². The Balaban J connectivity index is 2.32. The second-order valence-electron chi connectivity index (χ2n) is 4.68. The summed E-state index contributed by atoms with van der Waals surface area (Å²) in [6.45, 7) is 4.18. The number of benzene rings is 1. The molecular formula is C15H17ClN2O. The summed E-state index contributed by atoms with van der Waals surface area (Å²) in [4.78, 5) is 8.84. The molecule has 2 aromatic rings. The number of methoxy groups -OCH3 is 1. The normalized spacial score (nSPS) is 10.8. The summed E-state index contributed by atoms with van der Waals surface area (Å²) < 4.78 is 5.34. The number of nitrogens with zero attached hydrogens (tertiary/aromatic N) is 2. The van der Waals surface area contributed by atoms with Gasteiger partial charge in [0.15, 0.2) is 0 Å². The summed E-state index contributed by atoms with van der Waals surface area (Å²) in [5, 5.41) is 0.489. The molecular weight excluding hydrogens is 260 g/mol. The van der Waals surface area contributed by atoms with Crippen LogP contribution in [0.2, 0.25) is 5.15 Å². The lowest BCUT2D eigenvalue weighted by molar-refractivity contribution is 0.410. The van der Waals surface area contributed by atoms with Gasteiger partial charge in [-0.3, -0.25) is 0 Å². The van der Waals surface area contributed by atoms with Crippen LogP contribution in [0.3, 0.4) is 0 Å². The van der Waals surface area contributed by atoms with Crippen molar-refractivity contribution in [2.45, 2.75) is 26.2 Å². The second-order valence-corrected chi connectivity index (χ2v) is 5.06. The van der Waals surface area contributed by atoms with E-state index in [0.717, 1.165) is 22.8 Å². The quantitative estimate of drug-likeness (QED) is 0.796. The molecule has 1 aromatic heterocycles. The minimum absolute atomic E-state index is 0.330. The first-order valence-electron chi connectivity index (χ1n) is 6.25. The molecule has 0 aliphatic carbocycles. The molecule has 2 rings (SSSR count). The van der Waals surface area contributed by atoms with E-state index >= 15 is 0 Å². The molecule has 0 radical (unpaired) electrons. The van der Waals surface area contributed by atoms with Crippen LogP contribution in [-0.4, -0.2) is 17.1 Å². The SMILES string of the molecule is COc1ccccc1Cc1nc(Cl)cc(C(C)C)n1. The summed E-state index contributed by atoms with van der Waals surface area (Å²) in [7, 11) is 1.66. The van der Waals surface area contributed by atoms with E-state index in [1.807, 2.05) is 30.3 Å². The van der Waals surface area contributed by atoms with E-state index in [4.69, 9.17) is 16.3 Å². The average molecular weight is 277 g/mol. The highest BCUT2D eigenvalue weighted by Gasteiger charge is 2.09. The van der Waals surface area contributed by atoms with Crippen molar-refractivity contribution >= 4 is 11.6 Å². The third kappa shape index (κ3) is 3.44. The predicted molar refractivity (Wildman–Crippen MR) is 76.9 cm³/mol. The molecule has 0 bridgehead atoms. The van der Waals surface area contributed by atoms with Crippen LogP contribution in [0.4, 0.5) is 0 Å². The van der Waals surface area contributed by atoms with Gasteiger partial charge in [-0.1, -0.05) is 43.6 Å². The summed E-state index contributed by atoms with van der Waals surface area (Å²) in [5.41, 5.74) is 2.02. The van der Waals surface area contributed by atoms with Crippen molar-refractivity contribution in [2.24, 2.45) is 0 Å². The van der Waals surface area contributed by atoms with Crippen molar-refractivity contribution in [1.29, 1.82) is 0 Å². The lowest BCUT2D eigenvalue weighted by atomic mass is 10.1. The number of aromatic nitrogens is 2. The summed E-state index contributed by atoms with van der Waals surface area (Å²) in [5.74, 6) is 1.90. The zero-order valence-electron chi connectivity index (χ0n) is 11.4. The fourth-order valence-corrected chi connectivity index (χ4v) is 2.09. The maximum absolute atomic E-state index is 6.05. The van der Waals surface area contributed by atoms with Crippen LogP contribution in [0, 0.1) is 0 Å². The highest BCUT2D eigenvalue weighted by atomic mass is 35.5. The number of hydrogen-bond donors (Lipinski definition) is 0. The van der Waals surface area contributed by atoms with E-state index in [-0.39, 0.29) is 0 Å².